The van der Waals surface area contributed by atoms with Crippen LogP contribution in [0.2, 0.25) is 0 Å². The predicted molar refractivity (Wildman–Crippen MR) is 76.1 cm³/mol. The summed E-state index contributed by atoms with van der Waals surface area (Å²) in [5.41, 5.74) is 0.376. The summed E-state index contributed by atoms with van der Waals surface area (Å²) in [5, 5.41) is 0. The predicted octanol–water partition coefficient (Wildman–Crippen LogP) is 5.38. The van der Waals surface area contributed by atoms with Crippen molar-refractivity contribution in [2.24, 2.45) is 5.92 Å². The van der Waals surface area contributed by atoms with Gasteiger partial charge in [0.15, 0.2) is 0 Å². The van der Waals surface area contributed by atoms with E-state index in [9.17, 15) is 4.57 Å². The molecule has 0 aromatic rings. The van der Waals surface area contributed by atoms with E-state index < -0.39 is 7.14 Å². The second-order valence-electron chi connectivity index (χ2n) is 5.76. The molecule has 2 heteroatoms. The molecule has 0 rings (SSSR count). The molecule has 1 unspecified atom stereocenters. The van der Waals surface area contributed by atoms with Crippen molar-refractivity contribution >= 4 is 7.14 Å². The maximum Gasteiger partial charge on any atom is 0.0903 e. The second-order valence-corrected chi connectivity index (χ2v) is 9.51. The lowest BCUT2D eigenvalue weighted by Crippen LogP contribution is -2.10. The Morgan fingerprint density at radius 1 is 0.938 bits per heavy atom. The standard InChI is InChI=1S/C14H31OP/c1-6-7-8-9-10-11-16(15,14(4)5)12-13(2)3/h13-14H,6-12H2,1-5H3/i16+1. The molecule has 0 aromatic heterocycles. The average molecular weight is 247 g/mol. The Hall–Kier alpha value is 0.230. The van der Waals surface area contributed by atoms with Gasteiger partial charge < -0.3 is 4.57 Å². The molecule has 0 aliphatic heterocycles. The summed E-state index contributed by atoms with van der Waals surface area (Å²) < 4.78 is 12.8. The third kappa shape index (κ3) is 6.74. The van der Waals surface area contributed by atoms with Crippen LogP contribution >= 0.6 is 7.14 Å². The highest BCUT2D eigenvalue weighted by molar-refractivity contribution is 7.64. The highest BCUT2D eigenvalue weighted by Crippen LogP contribution is 2.52. The van der Waals surface area contributed by atoms with Crippen molar-refractivity contribution < 1.29 is 4.57 Å². The third-order valence-electron chi connectivity index (χ3n) is 3.26. The van der Waals surface area contributed by atoms with Crippen molar-refractivity contribution in [3.63, 3.8) is 0 Å². The van der Waals surface area contributed by atoms with Crippen LogP contribution < -0.4 is 0 Å². The van der Waals surface area contributed by atoms with Gasteiger partial charge in [-0.1, -0.05) is 60.3 Å². The minimum Gasteiger partial charge on any atom is -0.323 e. The average Bonchev–Trinajstić information content (AvgIpc) is 2.16. The van der Waals surface area contributed by atoms with Crippen molar-refractivity contribution in [2.45, 2.75) is 72.4 Å². The monoisotopic (exact) mass is 247 g/mol. The van der Waals surface area contributed by atoms with E-state index in [1.54, 1.807) is 0 Å². The first kappa shape index (κ1) is 16.2. The van der Waals surface area contributed by atoms with Gasteiger partial charge in [-0.2, -0.15) is 0 Å². The molecule has 0 aliphatic carbocycles. The molecule has 0 heterocycles. The molecule has 0 fully saturated rings. The first-order valence-electron chi connectivity index (χ1n) is 7.00. The van der Waals surface area contributed by atoms with E-state index >= 15 is 0 Å². The van der Waals surface area contributed by atoms with Gasteiger partial charge in [0.25, 0.3) is 0 Å². The first-order valence-corrected chi connectivity index (χ1v) is 9.14. The van der Waals surface area contributed by atoms with Crippen LogP contribution in [0.3, 0.4) is 0 Å². The number of hydrogen-bond acceptors (Lipinski definition) is 1. The van der Waals surface area contributed by atoms with Gasteiger partial charge in [-0.25, -0.2) is 0 Å². The van der Waals surface area contributed by atoms with Crippen molar-refractivity contribution in [1.29, 1.82) is 0 Å². The Bertz CT molecular complexity index is 209. The maximum atomic E-state index is 12.8. The van der Waals surface area contributed by atoms with E-state index in [1.807, 2.05) is 0 Å². The van der Waals surface area contributed by atoms with Crippen molar-refractivity contribution in [1.82, 2.24) is 0 Å². The third-order valence-corrected chi connectivity index (χ3v) is 7.56. The molecule has 0 N–H and O–H groups in total. The van der Waals surface area contributed by atoms with Gasteiger partial charge in [0.05, 0.1) is 7.14 Å². The fourth-order valence-electron chi connectivity index (χ4n) is 2.16. The molecule has 1 atom stereocenters. The molecule has 1 nitrogen and oxygen atoms in total. The minimum atomic E-state index is -1.90. The molecule has 0 saturated heterocycles. The number of unbranched alkanes of at least 4 members (excludes halogenated alkanes) is 4. The lowest BCUT2D eigenvalue weighted by Gasteiger charge is -2.24. The Kier molecular flexibility index (Phi) is 8.46. The second kappa shape index (κ2) is 8.34. The van der Waals surface area contributed by atoms with Crippen LogP contribution in [-0.4, -0.2) is 18.0 Å². The highest BCUT2D eigenvalue weighted by Gasteiger charge is 2.26. The van der Waals surface area contributed by atoms with Crippen LogP contribution in [0.4, 0.5) is 0 Å². The largest absolute Gasteiger partial charge is 0.323 e. The molecule has 0 amide bonds. The molecule has 0 radical (unpaired) electrons. The van der Waals surface area contributed by atoms with Crippen LogP contribution in [0.5, 0.6) is 0 Å². The van der Waals surface area contributed by atoms with Crippen LogP contribution in [0.15, 0.2) is 0 Å². The van der Waals surface area contributed by atoms with Gasteiger partial charge >= 0.3 is 0 Å². The zero-order valence-corrected chi connectivity index (χ0v) is 12.9. The fourth-order valence-corrected chi connectivity index (χ4v) is 5.28. The van der Waals surface area contributed by atoms with E-state index in [4.69, 9.17) is 0 Å². The number of hydrogen-bond donors (Lipinski definition) is 0. The Morgan fingerprint density at radius 2 is 1.50 bits per heavy atom. The summed E-state index contributed by atoms with van der Waals surface area (Å²) in [6, 6.07) is 0. The van der Waals surface area contributed by atoms with Gasteiger partial charge in [-0.3, -0.25) is 0 Å². The molecular weight excluding hydrogens is 216 g/mol. The van der Waals surface area contributed by atoms with Crippen molar-refractivity contribution in [2.75, 3.05) is 12.3 Å². The summed E-state index contributed by atoms with van der Waals surface area (Å²) >= 11 is 0. The van der Waals surface area contributed by atoms with Gasteiger partial charge in [-0.05, 0) is 12.3 Å². The maximum absolute atomic E-state index is 12.8. The summed E-state index contributed by atoms with van der Waals surface area (Å²) in [5.74, 6) is 0.573. The molecule has 98 valence electrons. The molecule has 0 aliphatic rings. The molecular formula is C14H31OP. The van der Waals surface area contributed by atoms with Crippen LogP contribution in [-0.2, 0) is 4.57 Å². The molecule has 0 bridgehead atoms. The van der Waals surface area contributed by atoms with Gasteiger partial charge in [-0.15, -0.1) is 0 Å². The summed E-state index contributed by atoms with van der Waals surface area (Å²) in [6.45, 7) is 10.9. The molecule has 0 spiro atoms. The van der Waals surface area contributed by atoms with E-state index in [0.717, 1.165) is 12.3 Å². The molecule has 0 saturated carbocycles. The quantitative estimate of drug-likeness (QED) is 0.394. The van der Waals surface area contributed by atoms with Gasteiger partial charge in [0.2, 0.25) is 0 Å². The normalized spacial score (nSPS) is 15.7. The highest BCUT2D eigenvalue weighted by atomic mass is 32.2. The molecule has 0 aromatic carbocycles. The van der Waals surface area contributed by atoms with Crippen molar-refractivity contribution in [3.05, 3.63) is 0 Å². The zero-order valence-electron chi connectivity index (χ0n) is 12.0. The lowest BCUT2D eigenvalue weighted by atomic mass is 10.2. The Balaban J connectivity index is 3.99. The van der Waals surface area contributed by atoms with E-state index in [1.165, 1.54) is 32.1 Å². The van der Waals surface area contributed by atoms with E-state index in [2.05, 4.69) is 34.6 Å². The fraction of sp³-hybridized carbons (Fsp3) is 1.00. The van der Waals surface area contributed by atoms with Gasteiger partial charge in [0.1, 0.15) is 0 Å². The zero-order chi connectivity index (χ0) is 12.6. The minimum absolute atomic E-state index is 0.376. The Morgan fingerprint density at radius 3 is 1.94 bits per heavy atom. The van der Waals surface area contributed by atoms with Crippen LogP contribution in [0.25, 0.3) is 0 Å². The van der Waals surface area contributed by atoms with Crippen molar-refractivity contribution in [3.8, 4) is 0 Å². The van der Waals surface area contributed by atoms with Crippen LogP contribution in [0.1, 0.15) is 66.7 Å². The smallest absolute Gasteiger partial charge is 0.0903 e. The Labute approximate surface area is 103 Å². The lowest BCUT2D eigenvalue weighted by molar-refractivity contribution is 0.553. The summed E-state index contributed by atoms with van der Waals surface area (Å²) in [4.78, 5) is 0. The van der Waals surface area contributed by atoms with Crippen LogP contribution in [0, 0.1) is 5.92 Å². The van der Waals surface area contributed by atoms with Gasteiger partial charge in [0, 0.05) is 18.0 Å². The summed E-state index contributed by atoms with van der Waals surface area (Å²) in [7, 11) is -1.90. The SMILES string of the molecule is CCCCCCC[32P](=O)(CC(C)C)C(C)C. The van der Waals surface area contributed by atoms with E-state index in [-0.39, 0.29) is 0 Å². The number of rotatable bonds is 9. The summed E-state index contributed by atoms with van der Waals surface area (Å²) in [6.07, 6.45) is 8.29. The van der Waals surface area contributed by atoms with E-state index in [0.29, 0.717) is 11.6 Å². The first-order chi connectivity index (χ1) is 7.42. The topological polar surface area (TPSA) is 17.1 Å². The molecule has 16 heavy (non-hydrogen) atoms.